The molecule has 0 aliphatic carbocycles. The van der Waals surface area contributed by atoms with Gasteiger partial charge in [0, 0.05) is 38.4 Å². The first-order valence-corrected chi connectivity index (χ1v) is 12.4. The Labute approximate surface area is 191 Å². The fourth-order valence-electron chi connectivity index (χ4n) is 4.44. The first-order valence-electron chi connectivity index (χ1n) is 11.0. The molecule has 178 valence electrons. The van der Waals surface area contributed by atoms with Gasteiger partial charge in [-0.1, -0.05) is 30.7 Å². The number of hydrogen-bond acceptors (Lipinski definition) is 4. The van der Waals surface area contributed by atoms with Crippen LogP contribution in [-0.4, -0.2) is 62.3 Å². The molecule has 6 nitrogen and oxygen atoms in total. The summed E-state index contributed by atoms with van der Waals surface area (Å²) < 4.78 is 66.8. The second-order valence-corrected chi connectivity index (χ2v) is 10.2. The van der Waals surface area contributed by atoms with E-state index in [0.717, 1.165) is 18.6 Å². The minimum atomic E-state index is -4.41. The van der Waals surface area contributed by atoms with Crippen molar-refractivity contribution in [2.75, 3.05) is 37.6 Å². The van der Waals surface area contributed by atoms with Crippen molar-refractivity contribution in [3.63, 3.8) is 0 Å². The van der Waals surface area contributed by atoms with Crippen LogP contribution < -0.4 is 4.90 Å². The quantitative estimate of drug-likeness (QED) is 0.670. The van der Waals surface area contributed by atoms with Crippen molar-refractivity contribution in [3.8, 4) is 0 Å². The van der Waals surface area contributed by atoms with E-state index in [9.17, 15) is 26.4 Å². The highest BCUT2D eigenvalue weighted by Gasteiger charge is 2.40. The third-order valence-corrected chi connectivity index (χ3v) is 8.14. The van der Waals surface area contributed by atoms with Gasteiger partial charge in [0.25, 0.3) is 0 Å². The maximum absolute atomic E-state index is 13.3. The van der Waals surface area contributed by atoms with Crippen LogP contribution in [0.3, 0.4) is 0 Å². The summed E-state index contributed by atoms with van der Waals surface area (Å²) in [6, 6.07) is 12.5. The molecule has 0 aromatic heterocycles. The van der Waals surface area contributed by atoms with E-state index in [2.05, 4.69) is 0 Å². The van der Waals surface area contributed by atoms with Crippen molar-refractivity contribution >= 4 is 21.6 Å². The lowest BCUT2D eigenvalue weighted by atomic mass is 10.0. The third-order valence-electron chi connectivity index (χ3n) is 6.22. The number of rotatable bonds is 4. The minimum Gasteiger partial charge on any atom is -0.368 e. The minimum absolute atomic E-state index is 0.166. The molecule has 1 unspecified atom stereocenters. The molecule has 1 atom stereocenters. The van der Waals surface area contributed by atoms with Crippen LogP contribution in [0.1, 0.15) is 24.8 Å². The molecule has 2 aliphatic rings. The topological polar surface area (TPSA) is 60.9 Å². The van der Waals surface area contributed by atoms with Gasteiger partial charge in [0.1, 0.15) is 6.04 Å². The monoisotopic (exact) mass is 481 g/mol. The lowest BCUT2D eigenvalue weighted by Gasteiger charge is -2.41. The highest BCUT2D eigenvalue weighted by atomic mass is 32.2. The Kier molecular flexibility index (Phi) is 6.67. The summed E-state index contributed by atoms with van der Waals surface area (Å²) in [5.41, 5.74) is -0.245. The summed E-state index contributed by atoms with van der Waals surface area (Å²) in [6.07, 6.45) is -2.50. The zero-order valence-electron chi connectivity index (χ0n) is 18.0. The number of benzene rings is 2. The fourth-order valence-corrected chi connectivity index (χ4v) is 6.11. The van der Waals surface area contributed by atoms with Crippen LogP contribution in [0.5, 0.6) is 0 Å². The van der Waals surface area contributed by atoms with E-state index < -0.39 is 27.8 Å². The van der Waals surface area contributed by atoms with Crippen LogP contribution in [0.15, 0.2) is 59.5 Å². The van der Waals surface area contributed by atoms with Gasteiger partial charge in [0.15, 0.2) is 0 Å². The molecule has 2 aliphatic heterocycles. The normalized spacial score (nSPS) is 20.6. The number of piperazine rings is 1. The van der Waals surface area contributed by atoms with Crippen LogP contribution >= 0.6 is 0 Å². The van der Waals surface area contributed by atoms with Gasteiger partial charge in [0.2, 0.25) is 15.9 Å². The van der Waals surface area contributed by atoms with Crippen LogP contribution in [0.25, 0.3) is 0 Å². The van der Waals surface area contributed by atoms with Gasteiger partial charge in [-0.3, -0.25) is 4.79 Å². The highest BCUT2D eigenvalue weighted by molar-refractivity contribution is 7.89. The van der Waals surface area contributed by atoms with Gasteiger partial charge < -0.3 is 9.80 Å². The SMILES string of the molecule is O=C(C1CCCCN1S(=O)(=O)c1ccccc1)N1CCN(c2cccc(C(F)(F)F)c2)CC1. The lowest BCUT2D eigenvalue weighted by Crippen LogP contribution is -2.57. The molecule has 2 heterocycles. The van der Waals surface area contributed by atoms with E-state index in [1.54, 1.807) is 29.2 Å². The van der Waals surface area contributed by atoms with Crippen molar-refractivity contribution in [1.29, 1.82) is 0 Å². The van der Waals surface area contributed by atoms with Crippen LogP contribution in [0.2, 0.25) is 0 Å². The second-order valence-electron chi connectivity index (χ2n) is 8.30. The largest absolute Gasteiger partial charge is 0.416 e. The Morgan fingerprint density at radius 1 is 0.879 bits per heavy atom. The highest BCUT2D eigenvalue weighted by Crippen LogP contribution is 2.32. The number of carbonyl (C=O) groups is 1. The van der Waals surface area contributed by atoms with Crippen LogP contribution in [-0.2, 0) is 21.0 Å². The molecule has 2 fully saturated rings. The Bertz CT molecular complexity index is 1080. The lowest BCUT2D eigenvalue weighted by molar-refractivity contribution is -0.137. The molecular formula is C23H26F3N3O3S. The van der Waals surface area contributed by atoms with Crippen molar-refractivity contribution in [2.24, 2.45) is 0 Å². The van der Waals surface area contributed by atoms with Crippen LogP contribution in [0, 0.1) is 0 Å². The molecule has 10 heteroatoms. The van der Waals surface area contributed by atoms with E-state index in [0.29, 0.717) is 44.7 Å². The predicted molar refractivity (Wildman–Crippen MR) is 118 cm³/mol. The maximum Gasteiger partial charge on any atom is 0.416 e. The molecule has 2 saturated heterocycles. The number of hydrogen-bond donors (Lipinski definition) is 0. The molecule has 0 N–H and O–H groups in total. The van der Waals surface area contributed by atoms with Gasteiger partial charge in [-0.25, -0.2) is 8.42 Å². The van der Waals surface area contributed by atoms with Crippen molar-refractivity contribution < 1.29 is 26.4 Å². The number of piperidine rings is 1. The average Bonchev–Trinajstić information content (AvgIpc) is 2.84. The van der Waals surface area contributed by atoms with E-state index in [-0.39, 0.29) is 17.3 Å². The van der Waals surface area contributed by atoms with E-state index in [1.807, 2.05) is 4.90 Å². The summed E-state index contributed by atoms with van der Waals surface area (Å²) in [7, 11) is -3.80. The van der Waals surface area contributed by atoms with E-state index in [1.165, 1.54) is 22.5 Å². The first kappa shape index (κ1) is 23.6. The van der Waals surface area contributed by atoms with Gasteiger partial charge >= 0.3 is 6.18 Å². The summed E-state index contributed by atoms with van der Waals surface area (Å²) in [6.45, 7) is 1.70. The standard InChI is InChI=1S/C23H26F3N3O3S/c24-23(25,26)18-7-6-8-19(17-18)27-13-15-28(16-14-27)22(30)21-11-4-5-12-29(21)33(31,32)20-9-2-1-3-10-20/h1-3,6-10,17,21H,4-5,11-16H2. The smallest absolute Gasteiger partial charge is 0.368 e. The molecule has 1 amide bonds. The van der Waals surface area contributed by atoms with E-state index in [4.69, 9.17) is 0 Å². The molecule has 4 rings (SSSR count). The summed E-state index contributed by atoms with van der Waals surface area (Å²) >= 11 is 0. The molecule has 2 aromatic rings. The van der Waals surface area contributed by atoms with Gasteiger partial charge in [-0.2, -0.15) is 17.5 Å². The van der Waals surface area contributed by atoms with Gasteiger partial charge in [0.05, 0.1) is 10.5 Å². The third kappa shape index (κ3) is 5.01. The molecule has 0 radical (unpaired) electrons. The van der Waals surface area contributed by atoms with E-state index >= 15 is 0 Å². The molecule has 0 bridgehead atoms. The molecule has 33 heavy (non-hydrogen) atoms. The number of anilines is 1. The fraction of sp³-hybridized carbons (Fsp3) is 0.435. The Balaban J connectivity index is 1.46. The second kappa shape index (κ2) is 9.34. The summed E-state index contributed by atoms with van der Waals surface area (Å²) in [5, 5.41) is 0. The molecule has 0 spiro atoms. The number of carbonyl (C=O) groups excluding carboxylic acids is 1. The van der Waals surface area contributed by atoms with Gasteiger partial charge in [-0.15, -0.1) is 0 Å². The number of nitrogens with zero attached hydrogens (tertiary/aromatic N) is 3. The molecule has 0 saturated carbocycles. The predicted octanol–water partition coefficient (Wildman–Crippen LogP) is 3.60. The number of alkyl halides is 3. The number of sulfonamides is 1. The Morgan fingerprint density at radius 3 is 2.24 bits per heavy atom. The van der Waals surface area contributed by atoms with Crippen molar-refractivity contribution in [3.05, 3.63) is 60.2 Å². The van der Waals surface area contributed by atoms with Crippen molar-refractivity contribution in [2.45, 2.75) is 36.4 Å². The zero-order chi connectivity index (χ0) is 23.6. The Morgan fingerprint density at radius 2 is 1.58 bits per heavy atom. The first-order chi connectivity index (χ1) is 15.7. The van der Waals surface area contributed by atoms with Gasteiger partial charge in [-0.05, 0) is 43.2 Å². The number of amides is 1. The maximum atomic E-state index is 13.3. The molecular weight excluding hydrogens is 455 g/mol. The zero-order valence-corrected chi connectivity index (χ0v) is 18.9. The Hall–Kier alpha value is -2.59. The number of halogens is 3. The summed E-state index contributed by atoms with van der Waals surface area (Å²) in [5.74, 6) is -0.238. The molecule has 2 aromatic carbocycles. The van der Waals surface area contributed by atoms with Crippen molar-refractivity contribution in [1.82, 2.24) is 9.21 Å². The summed E-state index contributed by atoms with van der Waals surface area (Å²) in [4.78, 5) is 16.9. The average molecular weight is 482 g/mol. The van der Waals surface area contributed by atoms with Crippen LogP contribution in [0.4, 0.5) is 18.9 Å².